The van der Waals surface area contributed by atoms with Gasteiger partial charge < -0.3 is 25.2 Å². The average molecular weight is 503 g/mol. The van der Waals surface area contributed by atoms with Crippen molar-refractivity contribution in [3.05, 3.63) is 81.3 Å². The van der Waals surface area contributed by atoms with Crippen LogP contribution < -0.4 is 10.6 Å². The Labute approximate surface area is 204 Å². The molecule has 0 saturated heterocycles. The zero-order valence-electron chi connectivity index (χ0n) is 18.2. The van der Waals surface area contributed by atoms with E-state index >= 15 is 0 Å². The number of aromatic amines is 1. The molecule has 1 amide bonds. The maximum atomic E-state index is 13.6. The van der Waals surface area contributed by atoms with E-state index in [1.54, 1.807) is 50.5 Å². The van der Waals surface area contributed by atoms with Gasteiger partial charge in [-0.25, -0.2) is 4.39 Å². The molecular formula is C24H21Cl2FN4O3. The number of halogens is 3. The summed E-state index contributed by atoms with van der Waals surface area (Å²) in [7, 11) is 1.71. The molecule has 34 heavy (non-hydrogen) atoms. The molecule has 2 heterocycles. The minimum Gasteiger partial charge on any atom is -0.394 e. The first kappa shape index (κ1) is 23.8. The van der Waals surface area contributed by atoms with Crippen molar-refractivity contribution in [1.29, 1.82) is 0 Å². The second-order valence-corrected chi connectivity index (χ2v) is 8.54. The molecule has 2 aromatic heterocycles. The van der Waals surface area contributed by atoms with Crippen LogP contribution in [0.15, 0.2) is 53.2 Å². The molecule has 0 bridgehead atoms. The van der Waals surface area contributed by atoms with Crippen LogP contribution in [-0.4, -0.2) is 34.8 Å². The summed E-state index contributed by atoms with van der Waals surface area (Å²) in [4.78, 5) is 15.8. The summed E-state index contributed by atoms with van der Waals surface area (Å²) in [6.45, 7) is 1.27. The number of aliphatic hydroxyl groups excluding tert-OH is 1. The number of nitrogens with zero attached hydrogens (tertiary/aromatic N) is 1. The van der Waals surface area contributed by atoms with Crippen LogP contribution in [0.5, 0.6) is 0 Å². The lowest BCUT2D eigenvalue weighted by atomic mass is 10.0. The first-order valence-corrected chi connectivity index (χ1v) is 11.1. The second-order valence-electron chi connectivity index (χ2n) is 7.66. The fraction of sp³-hybridized carbons (Fsp3) is 0.167. The van der Waals surface area contributed by atoms with Crippen molar-refractivity contribution >= 4 is 34.9 Å². The molecule has 7 nitrogen and oxygen atoms in total. The van der Waals surface area contributed by atoms with E-state index in [0.29, 0.717) is 49.4 Å². The van der Waals surface area contributed by atoms with Crippen LogP contribution in [0.25, 0.3) is 22.5 Å². The normalized spacial score (nSPS) is 11.9. The van der Waals surface area contributed by atoms with E-state index < -0.39 is 11.9 Å². The van der Waals surface area contributed by atoms with Crippen LogP contribution in [-0.2, 0) is 0 Å². The van der Waals surface area contributed by atoms with E-state index in [-0.39, 0.29) is 18.1 Å². The van der Waals surface area contributed by atoms with Gasteiger partial charge in [-0.2, -0.15) is 0 Å². The third-order valence-electron chi connectivity index (χ3n) is 5.34. The number of carbonyl (C=O) groups excluding carboxylic acids is 1. The highest BCUT2D eigenvalue weighted by molar-refractivity contribution is 6.35. The topological polar surface area (TPSA) is 103 Å². The van der Waals surface area contributed by atoms with Crippen molar-refractivity contribution in [3.63, 3.8) is 0 Å². The van der Waals surface area contributed by atoms with Crippen molar-refractivity contribution in [2.45, 2.75) is 13.0 Å². The number of aryl methyl sites for hydroxylation is 1. The Morgan fingerprint density at radius 3 is 2.56 bits per heavy atom. The number of hydrogen-bond acceptors (Lipinski definition) is 5. The standard InChI is InChI=1S/C24H21Cl2FN4O3/c1-12-5-13(3-4-18(12)27)20(11-32)30-24(33)19-8-15(10-29-19)22-21(23(28-2)31-34-22)14-6-16(25)9-17(26)7-14/h3-10,20,29,32H,11H2,1-2H3,(H,28,31)(H,30,33). The molecule has 2 aromatic carbocycles. The van der Waals surface area contributed by atoms with Crippen molar-refractivity contribution in [2.24, 2.45) is 0 Å². The fourth-order valence-corrected chi connectivity index (χ4v) is 4.16. The molecule has 10 heteroatoms. The van der Waals surface area contributed by atoms with Crippen LogP contribution in [0.2, 0.25) is 10.0 Å². The molecule has 176 valence electrons. The lowest BCUT2D eigenvalue weighted by Crippen LogP contribution is -2.31. The summed E-state index contributed by atoms with van der Waals surface area (Å²) in [6.07, 6.45) is 1.61. The van der Waals surface area contributed by atoms with Gasteiger partial charge in [0, 0.05) is 28.9 Å². The van der Waals surface area contributed by atoms with E-state index in [2.05, 4.69) is 20.8 Å². The quantitative estimate of drug-likeness (QED) is 0.263. The summed E-state index contributed by atoms with van der Waals surface area (Å²) in [5, 5.41) is 20.5. The molecule has 1 atom stereocenters. The first-order valence-electron chi connectivity index (χ1n) is 10.3. The highest BCUT2D eigenvalue weighted by Crippen LogP contribution is 2.40. The minimum absolute atomic E-state index is 0.241. The fourth-order valence-electron chi connectivity index (χ4n) is 3.64. The molecular weight excluding hydrogens is 482 g/mol. The van der Waals surface area contributed by atoms with E-state index in [1.165, 1.54) is 12.1 Å². The molecule has 4 N–H and O–H groups in total. The van der Waals surface area contributed by atoms with Gasteiger partial charge in [0.2, 0.25) is 0 Å². The number of amides is 1. The molecule has 0 aliphatic rings. The molecule has 0 aliphatic carbocycles. The number of hydrogen-bond donors (Lipinski definition) is 4. The number of aliphatic hydroxyl groups is 1. The van der Waals surface area contributed by atoms with Crippen LogP contribution >= 0.6 is 23.2 Å². The van der Waals surface area contributed by atoms with Gasteiger partial charge in [0.05, 0.1) is 18.2 Å². The zero-order chi connectivity index (χ0) is 24.4. The Hall–Kier alpha value is -3.33. The van der Waals surface area contributed by atoms with Gasteiger partial charge in [-0.3, -0.25) is 4.79 Å². The van der Waals surface area contributed by atoms with Gasteiger partial charge in [-0.05, 0) is 53.9 Å². The van der Waals surface area contributed by atoms with Gasteiger partial charge in [0.15, 0.2) is 11.6 Å². The summed E-state index contributed by atoms with van der Waals surface area (Å²) in [5.41, 5.74) is 3.15. The van der Waals surface area contributed by atoms with E-state index in [4.69, 9.17) is 27.7 Å². The number of benzene rings is 2. The largest absolute Gasteiger partial charge is 0.394 e. The Bertz CT molecular complexity index is 1330. The smallest absolute Gasteiger partial charge is 0.268 e. The lowest BCUT2D eigenvalue weighted by molar-refractivity contribution is 0.0911. The maximum absolute atomic E-state index is 13.6. The Morgan fingerprint density at radius 1 is 1.18 bits per heavy atom. The van der Waals surface area contributed by atoms with E-state index in [0.717, 1.165) is 0 Å². The summed E-state index contributed by atoms with van der Waals surface area (Å²) in [5.74, 6) is 0.0805. The first-order chi connectivity index (χ1) is 16.3. The van der Waals surface area contributed by atoms with Gasteiger partial charge in [-0.15, -0.1) is 0 Å². The number of anilines is 1. The van der Waals surface area contributed by atoms with Gasteiger partial charge in [0.25, 0.3) is 5.91 Å². The Kier molecular flexibility index (Phi) is 6.92. The predicted molar refractivity (Wildman–Crippen MR) is 130 cm³/mol. The van der Waals surface area contributed by atoms with Gasteiger partial charge in [0.1, 0.15) is 11.5 Å². The number of rotatable bonds is 7. The molecule has 0 saturated carbocycles. The van der Waals surface area contributed by atoms with Crippen LogP contribution in [0.4, 0.5) is 10.2 Å². The number of H-pyrrole nitrogens is 1. The van der Waals surface area contributed by atoms with Crippen molar-refractivity contribution in [1.82, 2.24) is 15.5 Å². The van der Waals surface area contributed by atoms with Gasteiger partial charge in [-0.1, -0.05) is 40.5 Å². The average Bonchev–Trinajstić information content (AvgIpc) is 3.45. The molecule has 4 rings (SSSR count). The van der Waals surface area contributed by atoms with Gasteiger partial charge >= 0.3 is 0 Å². The van der Waals surface area contributed by atoms with Crippen LogP contribution in [0.1, 0.15) is 27.7 Å². The SMILES string of the molecule is CNc1noc(-c2c[nH]c(C(=O)NC(CO)c3ccc(F)c(C)c3)c2)c1-c1cc(Cl)cc(Cl)c1. The lowest BCUT2D eigenvalue weighted by Gasteiger charge is -2.17. The number of aromatic nitrogens is 2. The molecule has 0 aliphatic heterocycles. The minimum atomic E-state index is -0.705. The summed E-state index contributed by atoms with van der Waals surface area (Å²) < 4.78 is 19.2. The molecule has 4 aromatic rings. The highest BCUT2D eigenvalue weighted by atomic mass is 35.5. The monoisotopic (exact) mass is 502 g/mol. The number of nitrogens with one attached hydrogen (secondary N) is 3. The molecule has 1 unspecified atom stereocenters. The van der Waals surface area contributed by atoms with Crippen LogP contribution in [0, 0.1) is 12.7 Å². The summed E-state index contributed by atoms with van der Waals surface area (Å²) >= 11 is 12.4. The van der Waals surface area contributed by atoms with Crippen molar-refractivity contribution in [3.8, 4) is 22.5 Å². The molecule has 0 fully saturated rings. The third kappa shape index (κ3) is 4.79. The molecule has 0 radical (unpaired) electrons. The zero-order valence-corrected chi connectivity index (χ0v) is 19.8. The van der Waals surface area contributed by atoms with E-state index in [1.807, 2.05) is 0 Å². The Morgan fingerprint density at radius 2 is 1.91 bits per heavy atom. The highest BCUT2D eigenvalue weighted by Gasteiger charge is 2.23. The summed E-state index contributed by atoms with van der Waals surface area (Å²) in [6, 6.07) is 10.4. The van der Waals surface area contributed by atoms with E-state index in [9.17, 15) is 14.3 Å². The second kappa shape index (κ2) is 9.89. The Balaban J connectivity index is 1.63. The third-order valence-corrected chi connectivity index (χ3v) is 5.78. The van der Waals surface area contributed by atoms with Crippen molar-refractivity contribution in [2.75, 3.05) is 19.0 Å². The van der Waals surface area contributed by atoms with Crippen molar-refractivity contribution < 1.29 is 18.8 Å². The molecule has 0 spiro atoms. The predicted octanol–water partition coefficient (Wildman–Crippen LogP) is 5.60. The maximum Gasteiger partial charge on any atom is 0.268 e. The van der Waals surface area contributed by atoms with Crippen LogP contribution in [0.3, 0.4) is 0 Å². The number of carbonyl (C=O) groups is 1.